The molecule has 0 bridgehead atoms. The predicted molar refractivity (Wildman–Crippen MR) is 73.0 cm³/mol. The van der Waals surface area contributed by atoms with Crippen LogP contribution >= 0.6 is 11.3 Å². The van der Waals surface area contributed by atoms with Gasteiger partial charge >= 0.3 is 18.0 Å². The zero-order valence-corrected chi connectivity index (χ0v) is 12.2. The lowest BCUT2D eigenvalue weighted by Gasteiger charge is -2.16. The van der Waals surface area contributed by atoms with Crippen LogP contribution in [0, 0.1) is 5.92 Å². The van der Waals surface area contributed by atoms with Crippen molar-refractivity contribution in [1.29, 1.82) is 0 Å². The summed E-state index contributed by atoms with van der Waals surface area (Å²) >= 11 is 1.17. The molecule has 114 valence electrons. The van der Waals surface area contributed by atoms with E-state index < -0.39 is 5.97 Å². The van der Waals surface area contributed by atoms with E-state index in [2.05, 4.69) is 15.0 Å². The second kappa shape index (κ2) is 6.53. The van der Waals surface area contributed by atoms with E-state index in [9.17, 15) is 14.4 Å². The summed E-state index contributed by atoms with van der Waals surface area (Å²) in [5.41, 5.74) is -0.0313. The zero-order valence-electron chi connectivity index (χ0n) is 11.4. The van der Waals surface area contributed by atoms with Crippen LogP contribution in [-0.4, -0.2) is 53.2 Å². The van der Waals surface area contributed by atoms with Crippen LogP contribution < -0.4 is 5.32 Å². The van der Waals surface area contributed by atoms with Crippen LogP contribution in [-0.2, 0) is 16.1 Å². The summed E-state index contributed by atoms with van der Waals surface area (Å²) in [5, 5.41) is 13.4. The summed E-state index contributed by atoms with van der Waals surface area (Å²) in [6, 6.07) is -0.298. The molecule has 1 aromatic rings. The van der Waals surface area contributed by atoms with E-state index in [4.69, 9.17) is 5.11 Å². The first kappa shape index (κ1) is 15.2. The first-order valence-electron chi connectivity index (χ1n) is 6.29. The monoisotopic (exact) mass is 313 g/mol. The number of carboxylic acid groups (broad SMARTS) is 1. The normalized spacial score (nSPS) is 17.6. The molecule has 0 aromatic carbocycles. The highest BCUT2D eigenvalue weighted by Gasteiger charge is 2.31. The molecule has 1 fully saturated rings. The van der Waals surface area contributed by atoms with Crippen molar-refractivity contribution in [3.63, 3.8) is 0 Å². The molecule has 2 N–H and O–H groups in total. The molecule has 1 aromatic heterocycles. The maximum Gasteiger partial charge on any atom is 0.355 e. The van der Waals surface area contributed by atoms with Gasteiger partial charge < -0.3 is 20.1 Å². The third kappa shape index (κ3) is 3.69. The molecule has 2 rings (SSSR count). The molecule has 1 atom stereocenters. The number of rotatable bonds is 4. The summed E-state index contributed by atoms with van der Waals surface area (Å²) in [6.45, 7) is 0.983. The number of esters is 1. The van der Waals surface area contributed by atoms with E-state index in [1.807, 2.05) is 0 Å². The Balaban J connectivity index is 1.82. The van der Waals surface area contributed by atoms with Crippen LogP contribution in [0.4, 0.5) is 4.79 Å². The molecular weight excluding hydrogens is 298 g/mol. The van der Waals surface area contributed by atoms with Gasteiger partial charge in [0.2, 0.25) is 0 Å². The smallest absolute Gasteiger partial charge is 0.355 e. The molecule has 0 spiro atoms. The Labute approximate surface area is 124 Å². The Hall–Kier alpha value is -2.16. The van der Waals surface area contributed by atoms with Crippen molar-refractivity contribution < 1.29 is 24.2 Å². The lowest BCUT2D eigenvalue weighted by molar-refractivity contribution is -0.144. The van der Waals surface area contributed by atoms with Crippen molar-refractivity contribution in [2.24, 2.45) is 5.92 Å². The first-order chi connectivity index (χ1) is 10.0. The Kier molecular flexibility index (Phi) is 4.73. The van der Waals surface area contributed by atoms with Gasteiger partial charge in [0.15, 0.2) is 5.69 Å². The highest BCUT2D eigenvalue weighted by molar-refractivity contribution is 7.09. The van der Waals surface area contributed by atoms with E-state index in [1.54, 1.807) is 0 Å². The van der Waals surface area contributed by atoms with Gasteiger partial charge in [-0.15, -0.1) is 11.3 Å². The average Bonchev–Trinajstić information content (AvgIpc) is 3.12. The molecule has 0 radical (unpaired) electrons. The van der Waals surface area contributed by atoms with Gasteiger partial charge in [0.1, 0.15) is 5.01 Å². The highest BCUT2D eigenvalue weighted by Crippen LogP contribution is 2.17. The van der Waals surface area contributed by atoms with Crippen LogP contribution in [0.25, 0.3) is 0 Å². The number of amides is 2. The van der Waals surface area contributed by atoms with E-state index in [1.165, 1.54) is 28.7 Å². The summed E-state index contributed by atoms with van der Waals surface area (Å²) in [7, 11) is 1.33. The topological polar surface area (TPSA) is 109 Å². The van der Waals surface area contributed by atoms with Crippen LogP contribution in [0.15, 0.2) is 5.38 Å². The van der Waals surface area contributed by atoms with E-state index >= 15 is 0 Å². The SMILES string of the molecule is COC(=O)C1CCN(C(=O)NCc2nc(C(=O)O)cs2)C1. The number of nitrogens with one attached hydrogen (secondary N) is 1. The molecule has 0 saturated carbocycles. The fourth-order valence-electron chi connectivity index (χ4n) is 2.06. The van der Waals surface area contributed by atoms with Crippen molar-refractivity contribution in [1.82, 2.24) is 15.2 Å². The number of ether oxygens (including phenoxy) is 1. The van der Waals surface area contributed by atoms with Gasteiger partial charge in [-0.3, -0.25) is 4.79 Å². The molecule has 8 nitrogen and oxygen atoms in total. The predicted octanol–water partition coefficient (Wildman–Crippen LogP) is 0.546. The Morgan fingerprint density at radius 1 is 1.57 bits per heavy atom. The second-order valence-electron chi connectivity index (χ2n) is 4.55. The van der Waals surface area contributed by atoms with E-state index in [-0.39, 0.29) is 30.2 Å². The molecule has 1 saturated heterocycles. The number of thiazole rings is 1. The summed E-state index contributed by atoms with van der Waals surface area (Å²) in [5.74, 6) is -1.68. The number of aromatic nitrogens is 1. The van der Waals surface area contributed by atoms with Crippen LogP contribution in [0.2, 0.25) is 0 Å². The third-order valence-electron chi connectivity index (χ3n) is 3.17. The minimum atomic E-state index is -1.09. The number of nitrogens with zero attached hydrogens (tertiary/aromatic N) is 2. The number of carbonyl (C=O) groups excluding carboxylic acids is 2. The molecular formula is C12H15N3O5S. The van der Waals surface area contributed by atoms with Gasteiger partial charge in [-0.2, -0.15) is 0 Å². The summed E-state index contributed by atoms with van der Waals surface area (Å²) in [6.07, 6.45) is 0.584. The number of methoxy groups -OCH3 is 1. The zero-order chi connectivity index (χ0) is 15.4. The van der Waals surface area contributed by atoms with Gasteiger partial charge in [-0.25, -0.2) is 14.6 Å². The van der Waals surface area contributed by atoms with Crippen LogP contribution in [0.3, 0.4) is 0 Å². The number of hydrogen-bond donors (Lipinski definition) is 2. The molecule has 1 aliphatic heterocycles. The third-order valence-corrected chi connectivity index (χ3v) is 4.02. The summed E-state index contributed by atoms with van der Waals surface area (Å²) < 4.78 is 4.66. The average molecular weight is 313 g/mol. The van der Waals surface area contributed by atoms with E-state index in [0.717, 1.165) is 0 Å². The van der Waals surface area contributed by atoms with Crippen molar-refractivity contribution in [2.75, 3.05) is 20.2 Å². The van der Waals surface area contributed by atoms with E-state index in [0.29, 0.717) is 24.5 Å². The molecule has 2 heterocycles. The van der Waals surface area contributed by atoms with Crippen molar-refractivity contribution in [3.8, 4) is 0 Å². The Morgan fingerprint density at radius 3 is 2.95 bits per heavy atom. The molecule has 0 aliphatic carbocycles. The van der Waals surface area contributed by atoms with Crippen LogP contribution in [0.5, 0.6) is 0 Å². The number of aromatic carboxylic acids is 1. The number of carbonyl (C=O) groups is 3. The van der Waals surface area contributed by atoms with Crippen molar-refractivity contribution in [3.05, 3.63) is 16.1 Å². The number of urea groups is 1. The maximum atomic E-state index is 11.9. The largest absolute Gasteiger partial charge is 0.476 e. The Bertz CT molecular complexity index is 559. The molecule has 9 heteroatoms. The van der Waals surface area contributed by atoms with Crippen LogP contribution in [0.1, 0.15) is 21.9 Å². The lowest BCUT2D eigenvalue weighted by Crippen LogP contribution is -2.38. The molecule has 1 unspecified atom stereocenters. The fourth-order valence-corrected chi connectivity index (χ4v) is 2.76. The Morgan fingerprint density at radius 2 is 2.33 bits per heavy atom. The van der Waals surface area contributed by atoms with Crippen molar-refractivity contribution in [2.45, 2.75) is 13.0 Å². The second-order valence-corrected chi connectivity index (χ2v) is 5.49. The minimum Gasteiger partial charge on any atom is -0.476 e. The molecule has 1 aliphatic rings. The minimum absolute atomic E-state index is 0.0313. The standard InChI is InChI=1S/C12H15N3O5S/c1-20-11(18)7-2-3-15(5-7)12(19)13-4-9-14-8(6-21-9)10(16)17/h6-7H,2-5H2,1H3,(H,13,19)(H,16,17). The van der Waals surface area contributed by atoms with Gasteiger partial charge in [-0.05, 0) is 6.42 Å². The number of likely N-dealkylation sites (tertiary alicyclic amines) is 1. The first-order valence-corrected chi connectivity index (χ1v) is 7.17. The maximum absolute atomic E-state index is 11.9. The van der Waals surface area contributed by atoms with Gasteiger partial charge in [-0.1, -0.05) is 0 Å². The lowest BCUT2D eigenvalue weighted by atomic mass is 10.1. The fraction of sp³-hybridized carbons (Fsp3) is 0.500. The van der Waals surface area contributed by atoms with Crippen molar-refractivity contribution >= 4 is 29.3 Å². The highest BCUT2D eigenvalue weighted by atomic mass is 32.1. The number of hydrogen-bond acceptors (Lipinski definition) is 6. The van der Waals surface area contributed by atoms with Gasteiger partial charge in [0, 0.05) is 18.5 Å². The molecule has 21 heavy (non-hydrogen) atoms. The quantitative estimate of drug-likeness (QED) is 0.786. The van der Waals surface area contributed by atoms with Gasteiger partial charge in [0.05, 0.1) is 19.6 Å². The van der Waals surface area contributed by atoms with Gasteiger partial charge in [0.25, 0.3) is 0 Å². The molecule has 2 amide bonds. The summed E-state index contributed by atoms with van der Waals surface area (Å²) in [4.78, 5) is 39.4. The number of carboxylic acids is 1.